The van der Waals surface area contributed by atoms with Crippen LogP contribution in [0, 0.1) is 0 Å². The zero-order valence-corrected chi connectivity index (χ0v) is 10.8. The van der Waals surface area contributed by atoms with Crippen LogP contribution in [0.3, 0.4) is 0 Å². The zero-order valence-electron chi connectivity index (χ0n) is 10.0. The van der Waals surface area contributed by atoms with Gasteiger partial charge in [-0.25, -0.2) is 4.57 Å². The third kappa shape index (κ3) is 1.57. The van der Waals surface area contributed by atoms with Crippen molar-refractivity contribution in [2.45, 2.75) is 0 Å². The predicted molar refractivity (Wildman–Crippen MR) is 71.9 cm³/mol. The van der Waals surface area contributed by atoms with E-state index in [9.17, 15) is 19.8 Å². The maximum Gasteiger partial charge on any atom is 0.212 e. The highest BCUT2D eigenvalue weighted by molar-refractivity contribution is 6.55. The van der Waals surface area contributed by atoms with Crippen LogP contribution < -0.4 is 0 Å². The highest BCUT2D eigenvalue weighted by Gasteiger charge is 2.34. The van der Waals surface area contributed by atoms with Crippen LogP contribution in [0.1, 0.15) is 20.7 Å². The monoisotopic (exact) mass is 289 g/mol. The number of aromatic hydroxyl groups is 2. The number of halogens is 1. The van der Waals surface area contributed by atoms with Crippen molar-refractivity contribution in [3.8, 4) is 11.8 Å². The van der Waals surface area contributed by atoms with Gasteiger partial charge in [0, 0.05) is 23.3 Å². The van der Waals surface area contributed by atoms with E-state index in [4.69, 9.17) is 11.6 Å². The summed E-state index contributed by atoms with van der Waals surface area (Å²) in [6, 6.07) is 8.65. The molecule has 2 N–H and O–H groups in total. The van der Waals surface area contributed by atoms with Crippen molar-refractivity contribution < 1.29 is 19.8 Å². The average molecular weight is 290 g/mol. The molecule has 1 aliphatic carbocycles. The lowest BCUT2D eigenvalue weighted by atomic mass is 9.92. The Morgan fingerprint density at radius 3 is 1.90 bits per heavy atom. The Kier molecular flexibility index (Phi) is 2.65. The van der Waals surface area contributed by atoms with Crippen molar-refractivity contribution in [1.82, 2.24) is 4.57 Å². The molecule has 100 valence electrons. The molecule has 2 aromatic rings. The lowest BCUT2D eigenvalue weighted by Gasteiger charge is -2.19. The summed E-state index contributed by atoms with van der Waals surface area (Å²) < 4.78 is 0.846. The highest BCUT2D eigenvalue weighted by Crippen LogP contribution is 2.36. The standard InChI is InChI=1S/C14H8ClNO4/c15-11-12(16-9(17)5-6-10(16)18)14(20)8-4-2-1-3-7(8)13(11)19/h1-6,17-18H. The van der Waals surface area contributed by atoms with Gasteiger partial charge in [0.05, 0.1) is 0 Å². The van der Waals surface area contributed by atoms with Gasteiger partial charge in [0.1, 0.15) is 10.7 Å². The maximum atomic E-state index is 12.4. The molecule has 0 saturated heterocycles. The summed E-state index contributed by atoms with van der Waals surface area (Å²) in [6.07, 6.45) is 0. The lowest BCUT2D eigenvalue weighted by Crippen LogP contribution is -2.22. The topological polar surface area (TPSA) is 79.5 Å². The summed E-state index contributed by atoms with van der Waals surface area (Å²) in [4.78, 5) is 24.6. The molecule has 5 nitrogen and oxygen atoms in total. The number of ketones is 2. The van der Waals surface area contributed by atoms with E-state index in [-0.39, 0.29) is 33.6 Å². The van der Waals surface area contributed by atoms with E-state index in [0.717, 1.165) is 4.57 Å². The molecule has 1 aliphatic rings. The third-order valence-electron chi connectivity index (χ3n) is 3.10. The summed E-state index contributed by atoms with van der Waals surface area (Å²) in [7, 11) is 0. The van der Waals surface area contributed by atoms with E-state index in [1.54, 1.807) is 12.1 Å². The first-order chi connectivity index (χ1) is 9.52. The first-order valence-corrected chi connectivity index (χ1v) is 6.08. The molecular formula is C14H8ClNO4. The van der Waals surface area contributed by atoms with Crippen LogP contribution in [0.15, 0.2) is 41.4 Å². The van der Waals surface area contributed by atoms with Crippen LogP contribution in [0.2, 0.25) is 0 Å². The number of nitrogens with zero attached hydrogens (tertiary/aromatic N) is 1. The Bertz CT molecular complexity index is 769. The van der Waals surface area contributed by atoms with Crippen LogP contribution in [0.5, 0.6) is 11.8 Å². The number of hydrogen-bond acceptors (Lipinski definition) is 4. The minimum Gasteiger partial charge on any atom is -0.494 e. The summed E-state index contributed by atoms with van der Waals surface area (Å²) >= 11 is 5.96. The Morgan fingerprint density at radius 2 is 1.35 bits per heavy atom. The predicted octanol–water partition coefficient (Wildman–Crippen LogP) is 2.39. The van der Waals surface area contributed by atoms with Gasteiger partial charge in [-0.3, -0.25) is 9.59 Å². The molecule has 0 amide bonds. The van der Waals surface area contributed by atoms with Gasteiger partial charge in [-0.1, -0.05) is 35.9 Å². The first kappa shape index (κ1) is 12.5. The van der Waals surface area contributed by atoms with Crippen LogP contribution in [-0.2, 0) is 0 Å². The van der Waals surface area contributed by atoms with E-state index in [2.05, 4.69) is 0 Å². The van der Waals surface area contributed by atoms with Crippen LogP contribution >= 0.6 is 11.6 Å². The van der Waals surface area contributed by atoms with Gasteiger partial charge in [0.2, 0.25) is 11.6 Å². The van der Waals surface area contributed by atoms with Crippen molar-refractivity contribution in [1.29, 1.82) is 0 Å². The van der Waals surface area contributed by atoms with Crippen molar-refractivity contribution in [3.05, 3.63) is 52.6 Å². The number of aromatic nitrogens is 1. The molecule has 0 bridgehead atoms. The number of hydrogen-bond donors (Lipinski definition) is 2. The second-order valence-corrected chi connectivity index (χ2v) is 4.63. The van der Waals surface area contributed by atoms with E-state index in [1.165, 1.54) is 24.3 Å². The summed E-state index contributed by atoms with van der Waals surface area (Å²) in [6.45, 7) is 0. The normalized spacial score (nSPS) is 14.7. The van der Waals surface area contributed by atoms with Crippen LogP contribution in [0.4, 0.5) is 0 Å². The summed E-state index contributed by atoms with van der Waals surface area (Å²) in [5.41, 5.74) is 0.136. The highest BCUT2D eigenvalue weighted by atomic mass is 35.5. The van der Waals surface area contributed by atoms with Crippen molar-refractivity contribution >= 4 is 28.9 Å². The number of Topliss-reactive ketones (excluding diaryl/α,β-unsaturated/α-hetero) is 2. The van der Waals surface area contributed by atoms with Gasteiger partial charge in [0.15, 0.2) is 11.8 Å². The third-order valence-corrected chi connectivity index (χ3v) is 3.45. The fraction of sp³-hybridized carbons (Fsp3) is 0. The Morgan fingerprint density at radius 1 is 0.850 bits per heavy atom. The van der Waals surface area contributed by atoms with Crippen molar-refractivity contribution in [2.24, 2.45) is 0 Å². The zero-order chi connectivity index (χ0) is 14.4. The Hall–Kier alpha value is -2.53. The van der Waals surface area contributed by atoms with Gasteiger partial charge in [-0.15, -0.1) is 0 Å². The summed E-state index contributed by atoms with van der Waals surface area (Å²) in [5, 5.41) is 19.1. The van der Waals surface area contributed by atoms with Gasteiger partial charge >= 0.3 is 0 Å². The number of benzene rings is 1. The van der Waals surface area contributed by atoms with E-state index in [0.29, 0.717) is 0 Å². The molecule has 0 aliphatic heterocycles. The molecule has 1 heterocycles. The SMILES string of the molecule is O=C1C(Cl)=C(n2c(O)ccc2O)C(=O)c2ccccc21. The molecule has 0 saturated carbocycles. The molecule has 20 heavy (non-hydrogen) atoms. The Balaban J connectivity index is 2.30. The molecular weight excluding hydrogens is 282 g/mol. The number of allylic oxidation sites excluding steroid dienone is 2. The smallest absolute Gasteiger partial charge is 0.212 e. The molecule has 1 aromatic heterocycles. The van der Waals surface area contributed by atoms with Crippen molar-refractivity contribution in [3.63, 3.8) is 0 Å². The van der Waals surface area contributed by atoms with Gasteiger partial charge in [-0.05, 0) is 0 Å². The number of carbonyl (C=O) groups is 2. The Labute approximate surface area is 118 Å². The molecule has 1 aromatic carbocycles. The van der Waals surface area contributed by atoms with E-state index >= 15 is 0 Å². The first-order valence-electron chi connectivity index (χ1n) is 5.70. The summed E-state index contributed by atoms with van der Waals surface area (Å²) in [5.74, 6) is -1.82. The van der Waals surface area contributed by atoms with Gasteiger partial charge < -0.3 is 10.2 Å². The molecule has 0 fully saturated rings. The maximum absolute atomic E-state index is 12.4. The minimum atomic E-state index is -0.535. The molecule has 0 unspecified atom stereocenters. The number of carbonyl (C=O) groups excluding carboxylic acids is 2. The average Bonchev–Trinajstić information content (AvgIpc) is 2.77. The fourth-order valence-electron chi connectivity index (χ4n) is 2.18. The quantitative estimate of drug-likeness (QED) is 0.845. The van der Waals surface area contributed by atoms with Gasteiger partial charge in [0.25, 0.3) is 0 Å². The largest absolute Gasteiger partial charge is 0.494 e. The molecule has 0 radical (unpaired) electrons. The minimum absolute atomic E-state index is 0.185. The second kappa shape index (κ2) is 4.25. The lowest BCUT2D eigenvalue weighted by molar-refractivity contribution is 0.0993. The number of rotatable bonds is 1. The van der Waals surface area contributed by atoms with Crippen LogP contribution in [-0.4, -0.2) is 26.3 Å². The fourth-order valence-corrected chi connectivity index (χ4v) is 2.45. The number of fused-ring (bicyclic) bond motifs is 1. The van der Waals surface area contributed by atoms with Crippen molar-refractivity contribution in [2.75, 3.05) is 0 Å². The molecule has 0 atom stereocenters. The molecule has 3 rings (SSSR count). The van der Waals surface area contributed by atoms with E-state index in [1.807, 2.05) is 0 Å². The molecule has 6 heteroatoms. The van der Waals surface area contributed by atoms with Gasteiger partial charge in [-0.2, -0.15) is 0 Å². The second-order valence-electron chi connectivity index (χ2n) is 4.25. The van der Waals surface area contributed by atoms with E-state index < -0.39 is 11.6 Å². The van der Waals surface area contributed by atoms with Crippen LogP contribution in [0.25, 0.3) is 5.70 Å². The molecule has 0 spiro atoms.